The predicted molar refractivity (Wildman–Crippen MR) is 89.8 cm³/mol. The molecule has 0 aliphatic rings. The van der Waals surface area contributed by atoms with Gasteiger partial charge in [0, 0.05) is 5.69 Å². The lowest BCUT2D eigenvalue weighted by Crippen LogP contribution is -2.45. The minimum Gasteiger partial charge on any atom is -0.487 e. The summed E-state index contributed by atoms with van der Waals surface area (Å²) in [6.45, 7) is -0.0364. The first-order chi connectivity index (χ1) is 13.9. The van der Waals surface area contributed by atoms with Crippen LogP contribution < -0.4 is 15.5 Å². The zero-order valence-corrected chi connectivity index (χ0v) is 15.0. The number of aliphatic hydroxyl groups is 1. The van der Waals surface area contributed by atoms with Crippen LogP contribution in [0.25, 0.3) is 0 Å². The highest BCUT2D eigenvalue weighted by Crippen LogP contribution is 2.36. The molecule has 0 spiro atoms. The molecule has 0 bridgehead atoms. The Morgan fingerprint density at radius 3 is 2.37 bits per heavy atom. The van der Waals surface area contributed by atoms with E-state index in [-0.39, 0.29) is 0 Å². The number of carbonyl (C=O) groups excluding carboxylic acids is 1. The van der Waals surface area contributed by atoms with Gasteiger partial charge in [0.15, 0.2) is 23.0 Å². The molecule has 2 aromatic rings. The van der Waals surface area contributed by atoms with E-state index in [1.54, 1.807) is 5.48 Å². The molecule has 0 aromatic heterocycles. The monoisotopic (exact) mass is 440 g/mol. The van der Waals surface area contributed by atoms with Gasteiger partial charge in [-0.2, -0.15) is 17.6 Å². The van der Waals surface area contributed by atoms with Gasteiger partial charge in [-0.25, -0.2) is 19.5 Å². The van der Waals surface area contributed by atoms with Crippen molar-refractivity contribution in [1.29, 1.82) is 0 Å². The second kappa shape index (κ2) is 8.77. The molecule has 0 saturated carbocycles. The van der Waals surface area contributed by atoms with E-state index in [2.05, 4.69) is 4.99 Å². The second-order valence-electron chi connectivity index (χ2n) is 6.14. The molecule has 0 radical (unpaired) electrons. The van der Waals surface area contributed by atoms with Gasteiger partial charge >= 0.3 is 6.18 Å². The van der Waals surface area contributed by atoms with Crippen LogP contribution in [0.15, 0.2) is 30.3 Å². The van der Waals surface area contributed by atoms with Crippen LogP contribution >= 0.6 is 0 Å². The number of nitrogens with one attached hydrogen (secondary N) is 2. The smallest absolute Gasteiger partial charge is 0.418 e. The number of ether oxygens (including phenoxy) is 1. The molecule has 13 heteroatoms. The number of halogens is 6. The molecule has 2 aromatic carbocycles. The maximum atomic E-state index is 13.6. The summed E-state index contributed by atoms with van der Waals surface area (Å²) in [5.41, 5.74) is -3.16. The van der Waals surface area contributed by atoms with E-state index < -0.39 is 64.4 Å². The molecule has 1 amide bonds. The maximum Gasteiger partial charge on any atom is 0.418 e. The molecule has 4 N–H and O–H groups in total. The SMILES string of the molecule is C[C@](O)(COc1ccc(F)c(F)c1F)C(=O)Nc1ccc(NOO)c(C(F)(F)F)c1. The molecular weight excluding hydrogens is 426 g/mol. The van der Waals surface area contributed by atoms with Crippen LogP contribution in [0.3, 0.4) is 0 Å². The molecule has 164 valence electrons. The standard InChI is InChI=1S/C17H14F6N2O5/c1-16(27,7-29-12-5-3-10(18)13(19)14(12)20)15(26)24-8-2-4-11(25-30-28)9(6-8)17(21,22)23/h2-6,25,27-28H,7H2,1H3,(H,24,26)/t16-/m0/s1. The molecule has 0 fully saturated rings. The van der Waals surface area contributed by atoms with Gasteiger partial charge in [0.25, 0.3) is 5.91 Å². The van der Waals surface area contributed by atoms with Crippen LogP contribution in [-0.4, -0.2) is 28.5 Å². The zero-order valence-electron chi connectivity index (χ0n) is 15.0. The van der Waals surface area contributed by atoms with Crippen molar-refractivity contribution in [2.75, 3.05) is 17.4 Å². The first kappa shape index (κ1) is 23.3. The number of rotatable bonds is 7. The molecule has 0 aliphatic carbocycles. The van der Waals surface area contributed by atoms with Crippen LogP contribution in [0.1, 0.15) is 12.5 Å². The maximum absolute atomic E-state index is 13.6. The highest BCUT2D eigenvalue weighted by Gasteiger charge is 2.36. The van der Waals surface area contributed by atoms with Crippen molar-refractivity contribution in [3.05, 3.63) is 53.3 Å². The Morgan fingerprint density at radius 2 is 1.77 bits per heavy atom. The van der Waals surface area contributed by atoms with Crippen molar-refractivity contribution in [2.24, 2.45) is 0 Å². The second-order valence-corrected chi connectivity index (χ2v) is 6.14. The fraction of sp³-hybridized carbons (Fsp3) is 0.235. The van der Waals surface area contributed by atoms with Gasteiger partial charge in [0.05, 0.1) is 11.3 Å². The topological polar surface area (TPSA) is 100 Å². The van der Waals surface area contributed by atoms with Crippen molar-refractivity contribution in [1.82, 2.24) is 0 Å². The van der Waals surface area contributed by atoms with Gasteiger partial charge in [0.2, 0.25) is 5.82 Å². The predicted octanol–water partition coefficient (Wildman–Crippen LogP) is 3.71. The number of alkyl halides is 3. The largest absolute Gasteiger partial charge is 0.487 e. The fourth-order valence-electron chi connectivity index (χ4n) is 2.16. The van der Waals surface area contributed by atoms with Crippen LogP contribution in [-0.2, 0) is 16.0 Å². The summed E-state index contributed by atoms with van der Waals surface area (Å²) in [6.07, 6.45) is -4.89. The molecule has 7 nitrogen and oxygen atoms in total. The minimum absolute atomic E-state index is 0.393. The number of carbonyl (C=O) groups is 1. The number of benzene rings is 2. The van der Waals surface area contributed by atoms with E-state index in [1.165, 1.54) is 0 Å². The Bertz CT molecular complexity index is 936. The lowest BCUT2D eigenvalue weighted by atomic mass is 10.1. The molecule has 0 unspecified atom stereocenters. The van der Waals surface area contributed by atoms with Gasteiger partial charge in [-0.05, 0) is 37.3 Å². The molecule has 0 saturated heterocycles. The number of anilines is 2. The van der Waals surface area contributed by atoms with Gasteiger partial charge in [-0.1, -0.05) is 0 Å². The molecule has 0 heterocycles. The molecule has 1 atom stereocenters. The summed E-state index contributed by atoms with van der Waals surface area (Å²) in [5.74, 6) is -7.01. The van der Waals surface area contributed by atoms with E-state index in [9.17, 15) is 36.2 Å². The highest BCUT2D eigenvalue weighted by atomic mass is 19.4. The third kappa shape index (κ3) is 5.31. The normalized spacial score (nSPS) is 13.5. The Kier molecular flexibility index (Phi) is 6.80. The van der Waals surface area contributed by atoms with E-state index in [0.29, 0.717) is 12.1 Å². The van der Waals surface area contributed by atoms with E-state index in [0.717, 1.165) is 25.1 Å². The summed E-state index contributed by atoms with van der Waals surface area (Å²) in [5, 5.41) is 20.5. The van der Waals surface area contributed by atoms with Gasteiger partial charge in [-0.3, -0.25) is 4.79 Å². The van der Waals surface area contributed by atoms with Crippen LogP contribution in [0.5, 0.6) is 5.75 Å². The summed E-state index contributed by atoms with van der Waals surface area (Å²) in [4.78, 5) is 15.7. The van der Waals surface area contributed by atoms with Crippen LogP contribution in [0.4, 0.5) is 37.7 Å². The van der Waals surface area contributed by atoms with E-state index in [4.69, 9.17) is 9.99 Å². The van der Waals surface area contributed by atoms with E-state index in [1.807, 2.05) is 5.32 Å². The molecular formula is C17H14F6N2O5. The highest BCUT2D eigenvalue weighted by molar-refractivity contribution is 5.97. The van der Waals surface area contributed by atoms with E-state index >= 15 is 0 Å². The number of hydrogen-bond donors (Lipinski definition) is 4. The van der Waals surface area contributed by atoms with Gasteiger partial charge < -0.3 is 15.2 Å². The van der Waals surface area contributed by atoms with Crippen LogP contribution in [0.2, 0.25) is 0 Å². The number of hydrogen-bond acceptors (Lipinski definition) is 6. The average Bonchev–Trinajstić information content (AvgIpc) is 2.66. The summed E-state index contributed by atoms with van der Waals surface area (Å²) in [7, 11) is 0. The zero-order chi connectivity index (χ0) is 22.7. The Balaban J connectivity index is 2.15. The van der Waals surface area contributed by atoms with Crippen molar-refractivity contribution >= 4 is 17.3 Å². The Morgan fingerprint density at radius 1 is 1.10 bits per heavy atom. The molecule has 30 heavy (non-hydrogen) atoms. The van der Waals surface area contributed by atoms with Crippen molar-refractivity contribution < 1.29 is 51.2 Å². The Hall–Kier alpha value is -3.03. The summed E-state index contributed by atoms with van der Waals surface area (Å²) >= 11 is 0. The summed E-state index contributed by atoms with van der Waals surface area (Å²) in [6, 6.07) is 3.61. The van der Waals surface area contributed by atoms with Crippen molar-refractivity contribution in [3.8, 4) is 5.75 Å². The Labute approximate surface area is 164 Å². The lowest BCUT2D eigenvalue weighted by Gasteiger charge is -2.23. The van der Waals surface area contributed by atoms with Crippen LogP contribution in [0, 0.1) is 17.5 Å². The minimum atomic E-state index is -4.89. The first-order valence-corrected chi connectivity index (χ1v) is 7.94. The quantitative estimate of drug-likeness (QED) is 0.227. The molecule has 0 aliphatic heterocycles. The third-order valence-electron chi connectivity index (χ3n) is 3.74. The van der Waals surface area contributed by atoms with Gasteiger partial charge in [0.1, 0.15) is 6.61 Å². The third-order valence-corrected chi connectivity index (χ3v) is 3.74. The fourth-order valence-corrected chi connectivity index (χ4v) is 2.16. The van der Waals surface area contributed by atoms with Gasteiger partial charge in [-0.15, -0.1) is 4.99 Å². The average molecular weight is 440 g/mol. The number of amides is 1. The van der Waals surface area contributed by atoms with Crippen molar-refractivity contribution in [3.63, 3.8) is 0 Å². The molecule has 2 rings (SSSR count). The van der Waals surface area contributed by atoms with Crippen molar-refractivity contribution in [2.45, 2.75) is 18.7 Å². The first-order valence-electron chi connectivity index (χ1n) is 7.94. The summed E-state index contributed by atoms with van der Waals surface area (Å²) < 4.78 is 83.7. The lowest BCUT2D eigenvalue weighted by molar-refractivity contribution is -0.216.